The van der Waals surface area contributed by atoms with E-state index in [0.29, 0.717) is 11.5 Å². The van der Waals surface area contributed by atoms with Gasteiger partial charge in [-0.25, -0.2) is 4.79 Å². The number of nitrogens with one attached hydrogen (secondary N) is 3. The summed E-state index contributed by atoms with van der Waals surface area (Å²) < 4.78 is 44.2. The molecule has 1 atom stereocenters. The second-order valence-electron chi connectivity index (χ2n) is 7.03. The molecule has 1 aromatic heterocycles. The predicted molar refractivity (Wildman–Crippen MR) is 116 cm³/mol. The Labute approximate surface area is 188 Å². The van der Waals surface area contributed by atoms with Gasteiger partial charge < -0.3 is 20.7 Å². The molecule has 1 heterocycles. The Morgan fingerprint density at radius 1 is 1.00 bits per heavy atom. The molecule has 1 unspecified atom stereocenters. The van der Waals surface area contributed by atoms with Crippen molar-refractivity contribution < 1.29 is 27.5 Å². The number of carbonyl (C=O) groups is 2. The van der Waals surface area contributed by atoms with Crippen molar-refractivity contribution in [1.82, 2.24) is 15.6 Å². The van der Waals surface area contributed by atoms with Crippen LogP contribution in [-0.4, -0.2) is 24.0 Å². The van der Waals surface area contributed by atoms with Crippen molar-refractivity contribution in [3.63, 3.8) is 0 Å². The van der Waals surface area contributed by atoms with Gasteiger partial charge in [0.15, 0.2) is 0 Å². The van der Waals surface area contributed by atoms with Gasteiger partial charge in [-0.2, -0.15) is 13.2 Å². The normalized spacial score (nSPS) is 11.9. The Morgan fingerprint density at radius 2 is 1.73 bits per heavy atom. The number of rotatable bonds is 6. The zero-order chi connectivity index (χ0) is 24.0. The Balaban J connectivity index is 1.60. The van der Waals surface area contributed by atoms with E-state index >= 15 is 0 Å². The second-order valence-corrected chi connectivity index (χ2v) is 7.03. The lowest BCUT2D eigenvalue weighted by Crippen LogP contribution is -2.31. The summed E-state index contributed by atoms with van der Waals surface area (Å²) >= 11 is 0. The molecular weight excluding hydrogens is 437 g/mol. The summed E-state index contributed by atoms with van der Waals surface area (Å²) in [6, 6.07) is 13.3. The van der Waals surface area contributed by atoms with E-state index in [0.717, 1.165) is 17.7 Å². The maximum atomic E-state index is 12.8. The topological polar surface area (TPSA) is 92.4 Å². The summed E-state index contributed by atoms with van der Waals surface area (Å²) in [5.74, 6) is 0.607. The van der Waals surface area contributed by atoms with Crippen molar-refractivity contribution in [2.75, 3.05) is 12.4 Å². The maximum absolute atomic E-state index is 12.8. The molecule has 3 amide bonds. The van der Waals surface area contributed by atoms with Gasteiger partial charge in [0.1, 0.15) is 17.2 Å². The van der Waals surface area contributed by atoms with Crippen LogP contribution >= 0.6 is 0 Å². The van der Waals surface area contributed by atoms with Crippen molar-refractivity contribution in [1.29, 1.82) is 0 Å². The molecule has 33 heavy (non-hydrogen) atoms. The van der Waals surface area contributed by atoms with E-state index in [2.05, 4.69) is 20.9 Å². The first kappa shape index (κ1) is 23.6. The number of hydrogen-bond donors (Lipinski definition) is 3. The first-order valence-corrected chi connectivity index (χ1v) is 9.86. The highest BCUT2D eigenvalue weighted by Gasteiger charge is 2.30. The fourth-order valence-electron chi connectivity index (χ4n) is 2.91. The van der Waals surface area contributed by atoms with Crippen molar-refractivity contribution in [3.05, 3.63) is 83.7 Å². The lowest BCUT2D eigenvalue weighted by Gasteiger charge is -2.16. The molecule has 0 bridgehead atoms. The first-order chi connectivity index (χ1) is 15.7. The Kier molecular flexibility index (Phi) is 7.17. The molecule has 0 spiro atoms. The van der Waals surface area contributed by atoms with Gasteiger partial charge in [-0.1, -0.05) is 18.2 Å². The fraction of sp³-hybridized carbons (Fsp3) is 0.174. The highest BCUT2D eigenvalue weighted by atomic mass is 19.4. The minimum absolute atomic E-state index is 0.0340. The van der Waals surface area contributed by atoms with Gasteiger partial charge in [-0.15, -0.1) is 0 Å². The molecule has 0 aliphatic rings. The highest BCUT2D eigenvalue weighted by molar-refractivity contribution is 5.92. The molecule has 0 saturated carbocycles. The summed E-state index contributed by atoms with van der Waals surface area (Å²) in [7, 11) is 1.51. The number of amides is 3. The largest absolute Gasteiger partial charge is 0.457 e. The number of aromatic nitrogens is 1. The van der Waals surface area contributed by atoms with E-state index in [4.69, 9.17) is 4.74 Å². The van der Waals surface area contributed by atoms with Gasteiger partial charge in [0.25, 0.3) is 5.91 Å². The quantitative estimate of drug-likeness (QED) is 0.477. The van der Waals surface area contributed by atoms with Crippen LogP contribution in [0.3, 0.4) is 0 Å². The van der Waals surface area contributed by atoms with Gasteiger partial charge in [-0.3, -0.25) is 9.78 Å². The zero-order valence-electron chi connectivity index (χ0n) is 17.7. The maximum Gasteiger partial charge on any atom is 0.416 e. The van der Waals surface area contributed by atoms with Gasteiger partial charge in [0.2, 0.25) is 0 Å². The molecule has 3 aromatic rings. The molecule has 10 heteroatoms. The zero-order valence-corrected chi connectivity index (χ0v) is 17.7. The molecule has 0 aliphatic carbocycles. The van der Waals surface area contributed by atoms with Crippen molar-refractivity contribution in [2.24, 2.45) is 0 Å². The molecule has 0 saturated heterocycles. The number of nitrogens with zero attached hydrogens (tertiary/aromatic N) is 1. The molecule has 0 fully saturated rings. The van der Waals surface area contributed by atoms with Gasteiger partial charge in [0, 0.05) is 25.0 Å². The van der Waals surface area contributed by atoms with E-state index in [9.17, 15) is 22.8 Å². The summed E-state index contributed by atoms with van der Waals surface area (Å²) in [5, 5.41) is 7.56. The molecule has 3 N–H and O–H groups in total. The van der Waals surface area contributed by atoms with Crippen molar-refractivity contribution in [3.8, 4) is 11.5 Å². The van der Waals surface area contributed by atoms with Crippen molar-refractivity contribution >= 4 is 17.6 Å². The van der Waals surface area contributed by atoms with Crippen LogP contribution in [0.15, 0.2) is 66.9 Å². The van der Waals surface area contributed by atoms with Crippen LogP contribution < -0.4 is 20.7 Å². The number of pyridine rings is 1. The van der Waals surface area contributed by atoms with E-state index in [1.165, 1.54) is 31.4 Å². The number of carbonyl (C=O) groups excluding carboxylic acids is 2. The fourth-order valence-corrected chi connectivity index (χ4v) is 2.91. The van der Waals surface area contributed by atoms with Crippen LogP contribution in [0.1, 0.15) is 34.6 Å². The average molecular weight is 458 g/mol. The number of ether oxygens (including phenoxy) is 1. The van der Waals surface area contributed by atoms with Crippen molar-refractivity contribution in [2.45, 2.75) is 19.1 Å². The van der Waals surface area contributed by atoms with E-state index in [1.54, 1.807) is 37.3 Å². The smallest absolute Gasteiger partial charge is 0.416 e. The van der Waals surface area contributed by atoms with Crippen LogP contribution in [0.5, 0.6) is 11.5 Å². The van der Waals surface area contributed by atoms with E-state index < -0.39 is 23.8 Å². The standard InChI is InChI=1S/C23H21F3N4O3/c1-14(29-22(32)30-17-5-3-4-16(12-17)23(24,25)26)15-6-8-18(9-7-15)33-19-10-11-28-20(13-19)21(31)27-2/h3-14H,1-2H3,(H,27,31)(H2,29,30,32). The van der Waals surface area contributed by atoms with Crippen LogP contribution in [0.4, 0.5) is 23.7 Å². The molecule has 7 nitrogen and oxygen atoms in total. The predicted octanol–water partition coefficient (Wildman–Crippen LogP) is 5.14. The van der Waals surface area contributed by atoms with Crippen LogP contribution in [-0.2, 0) is 6.18 Å². The summed E-state index contributed by atoms with van der Waals surface area (Å²) in [6.07, 6.45) is -3.03. The lowest BCUT2D eigenvalue weighted by atomic mass is 10.1. The number of anilines is 1. The number of alkyl halides is 3. The van der Waals surface area contributed by atoms with Crippen LogP contribution in [0.2, 0.25) is 0 Å². The summed E-state index contributed by atoms with van der Waals surface area (Å²) in [6.45, 7) is 1.74. The van der Waals surface area contributed by atoms with E-state index in [-0.39, 0.29) is 17.3 Å². The van der Waals surface area contributed by atoms with E-state index in [1.807, 2.05) is 0 Å². The Hall–Kier alpha value is -4.08. The van der Waals surface area contributed by atoms with Gasteiger partial charge >= 0.3 is 12.2 Å². The minimum atomic E-state index is -4.49. The molecular formula is C23H21F3N4O3. The third-order valence-corrected chi connectivity index (χ3v) is 4.60. The molecule has 0 radical (unpaired) electrons. The Morgan fingerprint density at radius 3 is 2.39 bits per heavy atom. The minimum Gasteiger partial charge on any atom is -0.457 e. The molecule has 3 rings (SSSR count). The third kappa shape index (κ3) is 6.45. The second kappa shape index (κ2) is 10.0. The average Bonchev–Trinajstić information content (AvgIpc) is 2.78. The monoisotopic (exact) mass is 458 g/mol. The molecule has 2 aromatic carbocycles. The van der Waals surface area contributed by atoms with Gasteiger partial charge in [0.05, 0.1) is 11.6 Å². The van der Waals surface area contributed by atoms with Gasteiger partial charge in [-0.05, 0) is 48.9 Å². The summed E-state index contributed by atoms with van der Waals surface area (Å²) in [5.41, 5.74) is 0.158. The number of hydrogen-bond acceptors (Lipinski definition) is 4. The number of urea groups is 1. The first-order valence-electron chi connectivity index (χ1n) is 9.86. The van der Waals surface area contributed by atoms with Crippen LogP contribution in [0, 0.1) is 0 Å². The lowest BCUT2D eigenvalue weighted by molar-refractivity contribution is -0.137. The number of benzene rings is 2. The molecule has 0 aliphatic heterocycles. The SMILES string of the molecule is CNC(=O)c1cc(Oc2ccc(C(C)NC(=O)Nc3cccc(C(F)(F)F)c3)cc2)ccn1. The van der Waals surface area contributed by atoms with Crippen LogP contribution in [0.25, 0.3) is 0 Å². The highest BCUT2D eigenvalue weighted by Crippen LogP contribution is 2.30. The summed E-state index contributed by atoms with van der Waals surface area (Å²) in [4.78, 5) is 27.9. The Bertz CT molecular complexity index is 1130. The molecule has 172 valence electrons. The third-order valence-electron chi connectivity index (χ3n) is 4.60. The number of halogens is 3.